The molecule has 1 aliphatic heterocycles. The van der Waals surface area contributed by atoms with Gasteiger partial charge < -0.3 is 15.0 Å². The minimum absolute atomic E-state index is 0.00451. The number of morpholine rings is 1. The number of carbonyl (C=O) groups is 1. The Kier molecular flexibility index (Phi) is 5.41. The van der Waals surface area contributed by atoms with E-state index in [0.29, 0.717) is 16.8 Å². The van der Waals surface area contributed by atoms with E-state index in [9.17, 15) is 14.9 Å². The number of hydrogen-bond acceptors (Lipinski definition) is 5. The third kappa shape index (κ3) is 4.43. The number of aryl methyl sites for hydroxylation is 1. The molecule has 1 heterocycles. The van der Waals surface area contributed by atoms with Gasteiger partial charge in [0, 0.05) is 41.7 Å². The zero-order chi connectivity index (χ0) is 19.6. The largest absolute Gasteiger partial charge is 0.372 e. The van der Waals surface area contributed by atoms with Crippen LogP contribution in [-0.2, 0) is 4.74 Å². The molecule has 0 spiro atoms. The number of nitrogens with one attached hydrogen (secondary N) is 1. The Bertz CT molecular complexity index is 841. The van der Waals surface area contributed by atoms with Gasteiger partial charge in [-0.2, -0.15) is 0 Å². The predicted octanol–water partition coefficient (Wildman–Crippen LogP) is 3.77. The molecule has 1 saturated heterocycles. The summed E-state index contributed by atoms with van der Waals surface area (Å²) in [7, 11) is 0. The van der Waals surface area contributed by atoms with Gasteiger partial charge in [0.05, 0.1) is 17.1 Å². The van der Waals surface area contributed by atoms with Gasteiger partial charge in [-0.3, -0.25) is 14.9 Å². The van der Waals surface area contributed by atoms with Gasteiger partial charge in [0.2, 0.25) is 0 Å². The first kappa shape index (κ1) is 18.8. The molecule has 2 aromatic carbocycles. The number of carbonyl (C=O) groups excluding carboxylic acids is 1. The second-order valence-corrected chi connectivity index (χ2v) is 6.92. The number of nitro benzene ring substituents is 1. The van der Waals surface area contributed by atoms with Crippen LogP contribution in [-0.4, -0.2) is 36.1 Å². The summed E-state index contributed by atoms with van der Waals surface area (Å²) in [5.74, 6) is -0.297. The van der Waals surface area contributed by atoms with E-state index in [1.807, 2.05) is 24.3 Å². The van der Waals surface area contributed by atoms with Crippen LogP contribution in [0.1, 0.15) is 29.8 Å². The topological polar surface area (TPSA) is 84.7 Å². The van der Waals surface area contributed by atoms with Gasteiger partial charge in [0.25, 0.3) is 11.6 Å². The average molecular weight is 369 g/mol. The summed E-state index contributed by atoms with van der Waals surface area (Å²) >= 11 is 0. The van der Waals surface area contributed by atoms with Crippen molar-refractivity contribution in [2.45, 2.75) is 33.0 Å². The highest BCUT2D eigenvalue weighted by atomic mass is 16.6. The van der Waals surface area contributed by atoms with Gasteiger partial charge >= 0.3 is 0 Å². The number of nitro groups is 1. The van der Waals surface area contributed by atoms with Gasteiger partial charge in [-0.15, -0.1) is 0 Å². The Hall–Kier alpha value is -2.93. The molecular weight excluding hydrogens is 346 g/mol. The fraction of sp³-hybridized carbons (Fsp3) is 0.350. The first-order valence-electron chi connectivity index (χ1n) is 8.90. The van der Waals surface area contributed by atoms with Crippen LogP contribution in [0, 0.1) is 17.0 Å². The Labute approximate surface area is 158 Å². The Balaban J connectivity index is 1.68. The summed E-state index contributed by atoms with van der Waals surface area (Å²) in [5.41, 5.74) is 2.61. The molecule has 2 aromatic rings. The molecule has 2 unspecified atom stereocenters. The molecule has 1 amide bonds. The quantitative estimate of drug-likeness (QED) is 0.655. The van der Waals surface area contributed by atoms with Crippen LogP contribution in [0.5, 0.6) is 0 Å². The maximum Gasteiger partial charge on any atom is 0.272 e. The molecule has 0 aliphatic carbocycles. The summed E-state index contributed by atoms with van der Waals surface area (Å²) in [5, 5.41) is 13.7. The predicted molar refractivity (Wildman–Crippen MR) is 104 cm³/mol. The van der Waals surface area contributed by atoms with Crippen molar-refractivity contribution < 1.29 is 14.5 Å². The molecule has 142 valence electrons. The van der Waals surface area contributed by atoms with E-state index < -0.39 is 4.92 Å². The highest BCUT2D eigenvalue weighted by molar-refractivity contribution is 6.04. The lowest BCUT2D eigenvalue weighted by Crippen LogP contribution is -2.45. The molecule has 27 heavy (non-hydrogen) atoms. The lowest BCUT2D eigenvalue weighted by Gasteiger charge is -2.36. The van der Waals surface area contributed by atoms with Gasteiger partial charge in [0.1, 0.15) is 0 Å². The molecule has 3 rings (SSSR count). The van der Waals surface area contributed by atoms with Crippen molar-refractivity contribution in [2.24, 2.45) is 0 Å². The minimum Gasteiger partial charge on any atom is -0.372 e. The van der Waals surface area contributed by atoms with Crippen molar-refractivity contribution in [3.05, 3.63) is 63.7 Å². The van der Waals surface area contributed by atoms with E-state index in [4.69, 9.17) is 4.74 Å². The number of amides is 1. The van der Waals surface area contributed by atoms with Crippen molar-refractivity contribution in [1.29, 1.82) is 0 Å². The van der Waals surface area contributed by atoms with Crippen LogP contribution in [0.2, 0.25) is 0 Å². The summed E-state index contributed by atoms with van der Waals surface area (Å²) in [6.07, 6.45) is 0.358. The van der Waals surface area contributed by atoms with E-state index in [1.54, 1.807) is 6.92 Å². The Morgan fingerprint density at radius 1 is 1.15 bits per heavy atom. The molecular formula is C20H23N3O4. The van der Waals surface area contributed by atoms with Crippen LogP contribution >= 0.6 is 0 Å². The normalized spacial score (nSPS) is 19.6. The van der Waals surface area contributed by atoms with E-state index in [-0.39, 0.29) is 23.8 Å². The van der Waals surface area contributed by atoms with Crippen LogP contribution in [0.3, 0.4) is 0 Å². The van der Waals surface area contributed by atoms with E-state index in [2.05, 4.69) is 24.1 Å². The van der Waals surface area contributed by atoms with Gasteiger partial charge in [-0.25, -0.2) is 0 Å². The molecule has 1 fully saturated rings. The fourth-order valence-corrected chi connectivity index (χ4v) is 3.35. The highest BCUT2D eigenvalue weighted by Crippen LogP contribution is 2.23. The lowest BCUT2D eigenvalue weighted by atomic mass is 10.1. The number of nitrogens with zero attached hydrogens (tertiary/aromatic N) is 2. The van der Waals surface area contributed by atoms with Crippen molar-refractivity contribution >= 4 is 23.0 Å². The molecule has 1 N–H and O–H groups in total. The number of ether oxygens (including phenoxy) is 1. The summed E-state index contributed by atoms with van der Waals surface area (Å²) in [6, 6.07) is 12.0. The van der Waals surface area contributed by atoms with Gasteiger partial charge in [-0.05, 0) is 57.2 Å². The van der Waals surface area contributed by atoms with Crippen molar-refractivity contribution in [1.82, 2.24) is 0 Å². The standard InChI is InChI=1S/C20H23N3O4/c1-13-10-16(4-9-19(13)23(25)26)20(24)21-17-5-7-18(8-6-17)22-11-14(2)27-15(3)12-22/h4-10,14-15H,11-12H2,1-3H3,(H,21,24). The lowest BCUT2D eigenvalue weighted by molar-refractivity contribution is -0.385. The number of rotatable bonds is 4. The fourth-order valence-electron chi connectivity index (χ4n) is 3.35. The summed E-state index contributed by atoms with van der Waals surface area (Å²) in [4.78, 5) is 25.1. The molecule has 7 nitrogen and oxygen atoms in total. The second-order valence-electron chi connectivity index (χ2n) is 6.92. The molecule has 0 aromatic heterocycles. The van der Waals surface area contributed by atoms with E-state index in [1.165, 1.54) is 18.2 Å². The summed E-state index contributed by atoms with van der Waals surface area (Å²) < 4.78 is 5.76. The molecule has 0 radical (unpaired) electrons. The highest BCUT2D eigenvalue weighted by Gasteiger charge is 2.22. The molecule has 1 aliphatic rings. The first-order valence-corrected chi connectivity index (χ1v) is 8.90. The zero-order valence-electron chi connectivity index (χ0n) is 15.6. The SMILES string of the molecule is Cc1cc(C(=O)Nc2ccc(N3CC(C)OC(C)C3)cc2)ccc1[N+](=O)[O-]. The zero-order valence-corrected chi connectivity index (χ0v) is 15.6. The van der Waals surface area contributed by atoms with Crippen LogP contribution in [0.4, 0.5) is 17.1 Å². The van der Waals surface area contributed by atoms with Crippen molar-refractivity contribution in [3.8, 4) is 0 Å². The van der Waals surface area contributed by atoms with Crippen molar-refractivity contribution in [3.63, 3.8) is 0 Å². The third-order valence-corrected chi connectivity index (χ3v) is 4.57. The molecule has 2 atom stereocenters. The maximum atomic E-state index is 12.4. The average Bonchev–Trinajstić information content (AvgIpc) is 2.61. The van der Waals surface area contributed by atoms with Crippen LogP contribution < -0.4 is 10.2 Å². The second kappa shape index (κ2) is 7.75. The van der Waals surface area contributed by atoms with Gasteiger partial charge in [0.15, 0.2) is 0 Å². The first-order chi connectivity index (χ1) is 12.8. The van der Waals surface area contributed by atoms with Crippen LogP contribution in [0.15, 0.2) is 42.5 Å². The smallest absolute Gasteiger partial charge is 0.272 e. The number of benzene rings is 2. The molecule has 7 heteroatoms. The maximum absolute atomic E-state index is 12.4. The van der Waals surface area contributed by atoms with E-state index in [0.717, 1.165) is 18.8 Å². The number of hydrogen-bond donors (Lipinski definition) is 1. The minimum atomic E-state index is -0.455. The Morgan fingerprint density at radius 3 is 2.33 bits per heavy atom. The Morgan fingerprint density at radius 2 is 1.78 bits per heavy atom. The van der Waals surface area contributed by atoms with Crippen LogP contribution in [0.25, 0.3) is 0 Å². The van der Waals surface area contributed by atoms with E-state index >= 15 is 0 Å². The molecule has 0 bridgehead atoms. The number of anilines is 2. The summed E-state index contributed by atoms with van der Waals surface area (Å²) in [6.45, 7) is 7.40. The van der Waals surface area contributed by atoms with Gasteiger partial charge in [-0.1, -0.05) is 0 Å². The van der Waals surface area contributed by atoms with Crippen molar-refractivity contribution in [2.75, 3.05) is 23.3 Å². The monoisotopic (exact) mass is 369 g/mol. The third-order valence-electron chi connectivity index (χ3n) is 4.57. The molecule has 0 saturated carbocycles.